The summed E-state index contributed by atoms with van der Waals surface area (Å²) in [4.78, 5) is 8.31. The monoisotopic (exact) mass is 188 g/mol. The van der Waals surface area contributed by atoms with Crippen LogP contribution in [0.4, 0.5) is 11.4 Å². The van der Waals surface area contributed by atoms with E-state index in [1.807, 2.05) is 19.1 Å². The van der Waals surface area contributed by atoms with Gasteiger partial charge in [-0.3, -0.25) is 9.98 Å². The summed E-state index contributed by atoms with van der Waals surface area (Å²) in [6.45, 7) is 9.78. The smallest absolute Gasteiger partial charge is 0.0913 e. The molecule has 0 unspecified atom stereocenters. The van der Waals surface area contributed by atoms with Gasteiger partial charge in [0.2, 0.25) is 0 Å². The van der Waals surface area contributed by atoms with E-state index in [4.69, 9.17) is 0 Å². The minimum atomic E-state index is 0.447. The van der Waals surface area contributed by atoms with Crippen LogP contribution in [0.1, 0.15) is 32.3 Å². The summed E-state index contributed by atoms with van der Waals surface area (Å²) < 4.78 is 0. The van der Waals surface area contributed by atoms with E-state index in [1.165, 1.54) is 5.56 Å². The molecule has 0 fully saturated rings. The van der Waals surface area contributed by atoms with E-state index < -0.39 is 0 Å². The van der Waals surface area contributed by atoms with Crippen molar-refractivity contribution in [2.24, 2.45) is 9.98 Å². The number of nitrogens with zero attached hydrogens (tertiary/aromatic N) is 2. The molecule has 0 aliphatic rings. The van der Waals surface area contributed by atoms with Gasteiger partial charge in [0, 0.05) is 6.21 Å². The Morgan fingerprint density at radius 1 is 1.36 bits per heavy atom. The van der Waals surface area contributed by atoms with Crippen molar-refractivity contribution in [2.45, 2.75) is 26.7 Å². The summed E-state index contributed by atoms with van der Waals surface area (Å²) >= 11 is 0. The Morgan fingerprint density at radius 2 is 2.07 bits per heavy atom. The first kappa shape index (κ1) is 10.6. The maximum Gasteiger partial charge on any atom is 0.0913 e. The molecule has 0 aliphatic carbocycles. The van der Waals surface area contributed by atoms with E-state index >= 15 is 0 Å². The molecule has 0 saturated carbocycles. The fourth-order valence-electron chi connectivity index (χ4n) is 1.43. The summed E-state index contributed by atoms with van der Waals surface area (Å²) in [5, 5.41) is 0. The number of benzene rings is 1. The molecule has 0 saturated heterocycles. The van der Waals surface area contributed by atoms with E-state index in [0.29, 0.717) is 5.92 Å². The number of hydrogen-bond acceptors (Lipinski definition) is 2. The van der Waals surface area contributed by atoms with Crippen molar-refractivity contribution in [2.75, 3.05) is 0 Å². The third-order valence-electron chi connectivity index (χ3n) is 2.09. The first-order valence-electron chi connectivity index (χ1n) is 4.79. The number of rotatable bonds is 3. The van der Waals surface area contributed by atoms with Gasteiger partial charge in [0.25, 0.3) is 0 Å². The Hall–Kier alpha value is -1.44. The Kier molecular flexibility index (Phi) is 3.57. The molecule has 0 bridgehead atoms. The molecular weight excluding hydrogens is 172 g/mol. The van der Waals surface area contributed by atoms with Crippen LogP contribution in [-0.2, 0) is 0 Å². The van der Waals surface area contributed by atoms with Crippen LogP contribution in [0.2, 0.25) is 0 Å². The lowest BCUT2D eigenvalue weighted by molar-refractivity contribution is 0.867. The zero-order chi connectivity index (χ0) is 10.6. The van der Waals surface area contributed by atoms with Gasteiger partial charge in [-0.05, 0) is 31.2 Å². The normalized spacial score (nSPS) is 11.1. The van der Waals surface area contributed by atoms with Gasteiger partial charge in [-0.25, -0.2) is 0 Å². The third kappa shape index (κ3) is 2.08. The number of aliphatic imine (C=N–C) groups is 2. The molecule has 1 aromatic carbocycles. The molecule has 0 radical (unpaired) electrons. The van der Waals surface area contributed by atoms with Gasteiger partial charge in [-0.2, -0.15) is 0 Å². The molecule has 0 aliphatic heterocycles. The summed E-state index contributed by atoms with van der Waals surface area (Å²) in [5.74, 6) is 0.447. The Bertz CT molecular complexity index is 351. The van der Waals surface area contributed by atoms with E-state index in [9.17, 15) is 0 Å². The average molecular weight is 188 g/mol. The van der Waals surface area contributed by atoms with Crippen molar-refractivity contribution in [1.82, 2.24) is 0 Å². The Morgan fingerprint density at radius 3 is 2.57 bits per heavy atom. The summed E-state index contributed by atoms with van der Waals surface area (Å²) in [7, 11) is 0. The van der Waals surface area contributed by atoms with E-state index in [0.717, 1.165) is 11.4 Å². The molecule has 1 rings (SSSR count). The molecule has 2 heteroatoms. The molecular formula is C12H16N2. The van der Waals surface area contributed by atoms with Gasteiger partial charge in [-0.15, -0.1) is 0 Å². The molecule has 14 heavy (non-hydrogen) atoms. The van der Waals surface area contributed by atoms with Crippen LogP contribution in [0.5, 0.6) is 0 Å². The van der Waals surface area contributed by atoms with E-state index in [-0.39, 0.29) is 0 Å². The minimum absolute atomic E-state index is 0.447. The van der Waals surface area contributed by atoms with Crippen LogP contribution in [0.25, 0.3) is 0 Å². The molecule has 74 valence electrons. The van der Waals surface area contributed by atoms with Crippen molar-refractivity contribution in [3.8, 4) is 0 Å². The van der Waals surface area contributed by atoms with Crippen molar-refractivity contribution < 1.29 is 0 Å². The van der Waals surface area contributed by atoms with E-state index in [1.54, 1.807) is 6.21 Å². The highest BCUT2D eigenvalue weighted by Gasteiger charge is 2.08. The van der Waals surface area contributed by atoms with Crippen LogP contribution < -0.4 is 0 Å². The summed E-state index contributed by atoms with van der Waals surface area (Å²) in [5.41, 5.74) is 3.00. The quantitative estimate of drug-likeness (QED) is 0.643. The van der Waals surface area contributed by atoms with Crippen LogP contribution in [0.15, 0.2) is 28.2 Å². The second kappa shape index (κ2) is 4.70. The standard InChI is InChI=1S/C12H16N2/c1-5-14-11-8-6-7-10(9(2)3)12(11)13-4/h5-9H,4H2,1-3H3/b14-5-. The topological polar surface area (TPSA) is 24.7 Å². The van der Waals surface area contributed by atoms with Gasteiger partial charge in [0.1, 0.15) is 0 Å². The van der Waals surface area contributed by atoms with Crippen molar-refractivity contribution >= 4 is 24.3 Å². The predicted octanol–water partition coefficient (Wildman–Crippen LogP) is 3.86. The van der Waals surface area contributed by atoms with Gasteiger partial charge < -0.3 is 0 Å². The fraction of sp³-hybridized carbons (Fsp3) is 0.333. The molecule has 0 amide bonds. The highest BCUT2D eigenvalue weighted by atomic mass is 14.8. The van der Waals surface area contributed by atoms with Gasteiger partial charge in [0.05, 0.1) is 11.4 Å². The summed E-state index contributed by atoms with van der Waals surface area (Å²) in [6.07, 6.45) is 1.77. The zero-order valence-electron chi connectivity index (χ0n) is 8.99. The highest BCUT2D eigenvalue weighted by molar-refractivity contribution is 5.73. The lowest BCUT2D eigenvalue weighted by Gasteiger charge is -2.10. The van der Waals surface area contributed by atoms with Crippen molar-refractivity contribution in [3.63, 3.8) is 0 Å². The molecule has 0 spiro atoms. The summed E-state index contributed by atoms with van der Waals surface area (Å²) in [6, 6.07) is 6.03. The largest absolute Gasteiger partial charge is 0.262 e. The average Bonchev–Trinajstić information content (AvgIpc) is 2.18. The first-order valence-corrected chi connectivity index (χ1v) is 4.79. The van der Waals surface area contributed by atoms with Crippen molar-refractivity contribution in [3.05, 3.63) is 23.8 Å². The Labute approximate surface area is 85.4 Å². The molecule has 0 heterocycles. The molecule has 2 nitrogen and oxygen atoms in total. The van der Waals surface area contributed by atoms with Crippen LogP contribution in [0, 0.1) is 0 Å². The third-order valence-corrected chi connectivity index (χ3v) is 2.09. The highest BCUT2D eigenvalue weighted by Crippen LogP contribution is 2.35. The second-order valence-electron chi connectivity index (χ2n) is 3.42. The van der Waals surface area contributed by atoms with Gasteiger partial charge in [0.15, 0.2) is 0 Å². The fourth-order valence-corrected chi connectivity index (χ4v) is 1.43. The first-order chi connectivity index (χ1) is 6.70. The van der Waals surface area contributed by atoms with Crippen molar-refractivity contribution in [1.29, 1.82) is 0 Å². The maximum absolute atomic E-state index is 4.26. The lowest BCUT2D eigenvalue weighted by Crippen LogP contribution is -1.87. The Balaban J connectivity index is 3.31. The number of hydrogen-bond donors (Lipinski definition) is 0. The number of para-hydroxylation sites is 1. The molecule has 0 aromatic heterocycles. The molecule has 0 N–H and O–H groups in total. The predicted molar refractivity (Wildman–Crippen MR) is 63.6 cm³/mol. The lowest BCUT2D eigenvalue weighted by atomic mass is 10.0. The minimum Gasteiger partial charge on any atom is -0.262 e. The zero-order valence-corrected chi connectivity index (χ0v) is 8.99. The van der Waals surface area contributed by atoms with Crippen LogP contribution in [-0.4, -0.2) is 12.9 Å². The van der Waals surface area contributed by atoms with Crippen LogP contribution >= 0.6 is 0 Å². The SMILES string of the molecule is C=Nc1c(/N=C\C)cccc1C(C)C. The van der Waals surface area contributed by atoms with Gasteiger partial charge in [-0.1, -0.05) is 26.0 Å². The molecule has 0 atom stereocenters. The second-order valence-corrected chi connectivity index (χ2v) is 3.42. The molecule has 1 aromatic rings. The van der Waals surface area contributed by atoms with E-state index in [2.05, 4.69) is 36.6 Å². The van der Waals surface area contributed by atoms with Crippen LogP contribution in [0.3, 0.4) is 0 Å². The van der Waals surface area contributed by atoms with Gasteiger partial charge >= 0.3 is 0 Å². The maximum atomic E-state index is 4.26.